The maximum absolute atomic E-state index is 11.3. The molecule has 4 nitrogen and oxygen atoms in total. The summed E-state index contributed by atoms with van der Waals surface area (Å²) in [7, 11) is 0. The molecule has 1 aromatic carbocycles. The third-order valence-electron chi connectivity index (χ3n) is 4.35. The van der Waals surface area contributed by atoms with E-state index in [0.29, 0.717) is 13.0 Å². The van der Waals surface area contributed by atoms with Crippen LogP contribution in [0.5, 0.6) is 0 Å². The number of unbranched alkanes of at least 4 members (excludes halogenated alkanes) is 1. The van der Waals surface area contributed by atoms with Crippen molar-refractivity contribution >= 4 is 5.97 Å². The van der Waals surface area contributed by atoms with Crippen LogP contribution in [0.1, 0.15) is 44.2 Å². The van der Waals surface area contributed by atoms with Crippen LogP contribution in [0.15, 0.2) is 24.3 Å². The van der Waals surface area contributed by atoms with Gasteiger partial charge in [-0.2, -0.15) is 0 Å². The van der Waals surface area contributed by atoms with Crippen LogP contribution in [0.4, 0.5) is 0 Å². The number of hydrogen-bond donors (Lipinski definition) is 2. The van der Waals surface area contributed by atoms with E-state index in [1.54, 1.807) is 6.92 Å². The molecular weight excluding hydrogens is 264 g/mol. The highest BCUT2D eigenvalue weighted by molar-refractivity contribution is 5.78. The molecule has 0 aromatic heterocycles. The van der Waals surface area contributed by atoms with Crippen molar-refractivity contribution in [3.63, 3.8) is 0 Å². The maximum Gasteiger partial charge on any atom is 0.323 e. The van der Waals surface area contributed by atoms with Crippen LogP contribution in [0.25, 0.3) is 0 Å². The van der Waals surface area contributed by atoms with E-state index in [9.17, 15) is 9.90 Å². The molecule has 1 aromatic rings. The number of hydrogen-bond acceptors (Lipinski definition) is 3. The second-order valence-electron chi connectivity index (χ2n) is 6.10. The first-order chi connectivity index (χ1) is 10.0. The lowest BCUT2D eigenvalue weighted by molar-refractivity contribution is -0.144. The van der Waals surface area contributed by atoms with Crippen LogP contribution >= 0.6 is 0 Å². The summed E-state index contributed by atoms with van der Waals surface area (Å²) in [5, 5.41) is 12.4. The number of nitrogens with one attached hydrogen (secondary N) is 1. The monoisotopic (exact) mass is 290 g/mol. The lowest BCUT2D eigenvalue weighted by Gasteiger charge is -2.26. The summed E-state index contributed by atoms with van der Waals surface area (Å²) < 4.78 is 0. The fourth-order valence-corrected chi connectivity index (χ4v) is 3.04. The van der Waals surface area contributed by atoms with Crippen LogP contribution in [0.3, 0.4) is 0 Å². The van der Waals surface area contributed by atoms with E-state index < -0.39 is 11.5 Å². The van der Waals surface area contributed by atoms with Gasteiger partial charge in [0.05, 0.1) is 0 Å². The highest BCUT2D eigenvalue weighted by Gasteiger charge is 2.31. The number of likely N-dealkylation sites (N-methyl/N-ethyl adjacent to an activating group) is 1. The number of rotatable bonds is 8. The Kier molecular flexibility index (Phi) is 5.37. The SMILES string of the molecule is CCNC(C)(CCCCN1Cc2ccccc2C1)C(=O)O. The topological polar surface area (TPSA) is 52.6 Å². The number of aliphatic carboxylic acids is 1. The van der Waals surface area contributed by atoms with Crippen LogP contribution in [-0.2, 0) is 17.9 Å². The quantitative estimate of drug-likeness (QED) is 0.723. The zero-order valence-electron chi connectivity index (χ0n) is 13.1. The van der Waals surface area contributed by atoms with Crippen LogP contribution < -0.4 is 5.32 Å². The van der Waals surface area contributed by atoms with Crippen LogP contribution in [0.2, 0.25) is 0 Å². The average molecular weight is 290 g/mol. The lowest BCUT2D eigenvalue weighted by Crippen LogP contribution is -2.49. The first-order valence-electron chi connectivity index (χ1n) is 7.83. The Morgan fingerprint density at radius 3 is 2.43 bits per heavy atom. The van der Waals surface area contributed by atoms with Gasteiger partial charge < -0.3 is 10.4 Å². The van der Waals surface area contributed by atoms with E-state index >= 15 is 0 Å². The molecule has 0 saturated heterocycles. The molecule has 0 amide bonds. The predicted molar refractivity (Wildman–Crippen MR) is 84.1 cm³/mol. The Balaban J connectivity index is 1.72. The first kappa shape index (κ1) is 16.0. The minimum atomic E-state index is -0.789. The molecule has 1 heterocycles. The number of nitrogens with zero attached hydrogens (tertiary/aromatic N) is 1. The molecule has 2 rings (SSSR count). The van der Waals surface area contributed by atoms with Crippen molar-refractivity contribution in [1.29, 1.82) is 0 Å². The fourth-order valence-electron chi connectivity index (χ4n) is 3.04. The molecule has 21 heavy (non-hydrogen) atoms. The van der Waals surface area contributed by atoms with Gasteiger partial charge in [-0.15, -0.1) is 0 Å². The lowest BCUT2D eigenvalue weighted by atomic mass is 9.95. The van der Waals surface area contributed by atoms with E-state index in [4.69, 9.17) is 0 Å². The Morgan fingerprint density at radius 1 is 1.29 bits per heavy atom. The molecule has 0 saturated carbocycles. The molecular formula is C17H26N2O2. The minimum Gasteiger partial charge on any atom is -0.480 e. The van der Waals surface area contributed by atoms with Gasteiger partial charge in [0.2, 0.25) is 0 Å². The number of carbonyl (C=O) groups is 1. The molecule has 1 unspecified atom stereocenters. The van der Waals surface area contributed by atoms with Gasteiger partial charge in [0, 0.05) is 13.1 Å². The first-order valence-corrected chi connectivity index (χ1v) is 7.83. The minimum absolute atomic E-state index is 0.678. The third-order valence-corrected chi connectivity index (χ3v) is 4.35. The Morgan fingerprint density at radius 2 is 1.90 bits per heavy atom. The van der Waals surface area contributed by atoms with Crippen molar-refractivity contribution in [2.45, 2.75) is 51.7 Å². The van der Waals surface area contributed by atoms with Gasteiger partial charge in [-0.1, -0.05) is 31.2 Å². The summed E-state index contributed by atoms with van der Waals surface area (Å²) in [5.41, 5.74) is 2.07. The fraction of sp³-hybridized carbons (Fsp3) is 0.588. The van der Waals surface area contributed by atoms with Crippen molar-refractivity contribution in [2.24, 2.45) is 0 Å². The number of carboxylic acid groups (broad SMARTS) is 1. The molecule has 1 aliphatic rings. The summed E-state index contributed by atoms with van der Waals surface area (Å²) in [6.45, 7) is 7.51. The molecule has 4 heteroatoms. The van der Waals surface area contributed by atoms with E-state index in [2.05, 4.69) is 34.5 Å². The number of benzene rings is 1. The molecule has 2 N–H and O–H groups in total. The van der Waals surface area contributed by atoms with Crippen LogP contribution in [0, 0.1) is 0 Å². The average Bonchev–Trinajstić information content (AvgIpc) is 2.86. The highest BCUT2D eigenvalue weighted by atomic mass is 16.4. The Bertz CT molecular complexity index is 464. The summed E-state index contributed by atoms with van der Waals surface area (Å²) in [6.07, 6.45) is 2.65. The molecule has 1 atom stereocenters. The second kappa shape index (κ2) is 7.05. The molecule has 1 aliphatic heterocycles. The van der Waals surface area contributed by atoms with Gasteiger partial charge in [0.25, 0.3) is 0 Å². The van der Waals surface area contributed by atoms with E-state index in [1.165, 1.54) is 11.1 Å². The zero-order valence-corrected chi connectivity index (χ0v) is 13.1. The van der Waals surface area contributed by atoms with Crippen molar-refractivity contribution in [3.8, 4) is 0 Å². The summed E-state index contributed by atoms with van der Waals surface area (Å²) in [5.74, 6) is -0.752. The highest BCUT2D eigenvalue weighted by Crippen LogP contribution is 2.23. The summed E-state index contributed by atoms with van der Waals surface area (Å²) >= 11 is 0. The van der Waals surface area contributed by atoms with Gasteiger partial charge >= 0.3 is 5.97 Å². The second-order valence-corrected chi connectivity index (χ2v) is 6.10. The predicted octanol–water partition coefficient (Wildman–Crippen LogP) is 2.63. The third kappa shape index (κ3) is 4.05. The van der Waals surface area contributed by atoms with Gasteiger partial charge in [-0.3, -0.25) is 9.69 Å². The number of fused-ring (bicyclic) bond motifs is 1. The molecule has 0 fully saturated rings. The Labute approximate surface area is 127 Å². The van der Waals surface area contributed by atoms with Gasteiger partial charge in [-0.05, 0) is 50.4 Å². The molecule has 0 bridgehead atoms. The largest absolute Gasteiger partial charge is 0.480 e. The molecule has 0 radical (unpaired) electrons. The Hall–Kier alpha value is -1.39. The molecule has 0 aliphatic carbocycles. The maximum atomic E-state index is 11.3. The van der Waals surface area contributed by atoms with Gasteiger partial charge in [-0.25, -0.2) is 0 Å². The van der Waals surface area contributed by atoms with Crippen molar-refractivity contribution in [3.05, 3.63) is 35.4 Å². The number of carboxylic acids is 1. The smallest absolute Gasteiger partial charge is 0.323 e. The van der Waals surface area contributed by atoms with Gasteiger partial charge in [0.1, 0.15) is 5.54 Å². The van der Waals surface area contributed by atoms with Gasteiger partial charge in [0.15, 0.2) is 0 Å². The normalized spacial score (nSPS) is 17.4. The summed E-state index contributed by atoms with van der Waals surface area (Å²) in [4.78, 5) is 13.8. The van der Waals surface area contributed by atoms with Crippen molar-refractivity contribution < 1.29 is 9.90 Å². The summed E-state index contributed by atoms with van der Waals surface area (Å²) in [6, 6.07) is 8.58. The van der Waals surface area contributed by atoms with Crippen molar-refractivity contribution in [1.82, 2.24) is 10.2 Å². The molecule has 0 spiro atoms. The molecule has 116 valence electrons. The van der Waals surface area contributed by atoms with E-state index in [1.807, 2.05) is 6.92 Å². The van der Waals surface area contributed by atoms with E-state index in [-0.39, 0.29) is 0 Å². The van der Waals surface area contributed by atoms with E-state index in [0.717, 1.165) is 32.5 Å². The van der Waals surface area contributed by atoms with Crippen molar-refractivity contribution in [2.75, 3.05) is 13.1 Å². The standard InChI is InChI=1S/C17H26N2O2/c1-3-18-17(2,16(20)21)10-6-7-11-19-12-14-8-4-5-9-15(14)13-19/h4-5,8-9,18H,3,6-7,10-13H2,1-2H3,(H,20,21). The van der Waals surface area contributed by atoms with Crippen LogP contribution in [-0.4, -0.2) is 34.6 Å². The zero-order chi connectivity index (χ0) is 15.3.